The average molecular weight is 389 g/mol. The maximum Gasteiger partial charge on any atom is 0.325 e. The van der Waals surface area contributed by atoms with Gasteiger partial charge < -0.3 is 5.32 Å². The van der Waals surface area contributed by atoms with Gasteiger partial charge >= 0.3 is 6.03 Å². The van der Waals surface area contributed by atoms with E-state index in [1.54, 1.807) is 0 Å². The largest absolute Gasteiger partial charge is 0.325 e. The van der Waals surface area contributed by atoms with Gasteiger partial charge in [-0.25, -0.2) is 9.78 Å². The van der Waals surface area contributed by atoms with Crippen molar-refractivity contribution in [1.29, 1.82) is 0 Å². The molecular weight excluding hydrogens is 370 g/mol. The summed E-state index contributed by atoms with van der Waals surface area (Å²) in [5, 5.41) is 5.77. The molecule has 1 aromatic heterocycles. The van der Waals surface area contributed by atoms with Gasteiger partial charge in [0.2, 0.25) is 0 Å². The van der Waals surface area contributed by atoms with Crippen LogP contribution in [-0.4, -0.2) is 21.8 Å². The second-order valence-corrected chi connectivity index (χ2v) is 8.25. The molecular formula is C22H19N3O2S. The zero-order valence-corrected chi connectivity index (χ0v) is 16.3. The molecule has 2 heterocycles. The summed E-state index contributed by atoms with van der Waals surface area (Å²) in [6.45, 7) is 2.24. The maximum atomic E-state index is 13.2. The molecule has 1 N–H and O–H groups in total. The smallest absolute Gasteiger partial charge is 0.319 e. The lowest BCUT2D eigenvalue weighted by Gasteiger charge is -2.22. The molecule has 0 unspecified atom stereocenters. The van der Waals surface area contributed by atoms with Crippen molar-refractivity contribution in [2.45, 2.75) is 31.8 Å². The monoisotopic (exact) mass is 389 g/mol. The van der Waals surface area contributed by atoms with Crippen molar-refractivity contribution in [3.05, 3.63) is 76.3 Å². The van der Waals surface area contributed by atoms with Crippen LogP contribution < -0.4 is 5.32 Å². The topological polar surface area (TPSA) is 62.3 Å². The van der Waals surface area contributed by atoms with Gasteiger partial charge in [0.15, 0.2) is 0 Å². The van der Waals surface area contributed by atoms with E-state index in [-0.39, 0.29) is 18.5 Å². The highest BCUT2D eigenvalue weighted by Crippen LogP contribution is 2.41. The second kappa shape index (κ2) is 6.27. The van der Waals surface area contributed by atoms with Gasteiger partial charge in [-0.2, -0.15) is 0 Å². The number of fused-ring (bicyclic) bond motifs is 2. The van der Waals surface area contributed by atoms with Crippen molar-refractivity contribution < 1.29 is 9.59 Å². The van der Waals surface area contributed by atoms with Crippen LogP contribution in [0.1, 0.15) is 28.8 Å². The van der Waals surface area contributed by atoms with E-state index in [1.165, 1.54) is 21.8 Å². The molecule has 0 radical (unpaired) electrons. The Morgan fingerprint density at radius 2 is 1.93 bits per heavy atom. The Morgan fingerprint density at radius 3 is 2.75 bits per heavy atom. The molecule has 0 bridgehead atoms. The van der Waals surface area contributed by atoms with Gasteiger partial charge in [0.05, 0.1) is 12.2 Å². The molecule has 2 aliphatic rings. The van der Waals surface area contributed by atoms with Crippen molar-refractivity contribution in [2.24, 2.45) is 0 Å². The van der Waals surface area contributed by atoms with Crippen molar-refractivity contribution >= 4 is 23.3 Å². The number of aryl methyl sites for hydroxylation is 2. The highest BCUT2D eigenvalue weighted by Gasteiger charge is 2.55. The zero-order chi connectivity index (χ0) is 19.3. The minimum atomic E-state index is -0.913. The lowest BCUT2D eigenvalue weighted by atomic mass is 9.92. The third-order valence-electron chi connectivity index (χ3n) is 5.59. The van der Waals surface area contributed by atoms with Crippen LogP contribution in [0.25, 0.3) is 10.6 Å². The SMILES string of the molecule is Cc1ccc(-c2nc(CN3C(=O)N[C@]4(CCc5ccccc54)C3=O)cs2)cc1. The van der Waals surface area contributed by atoms with Crippen LogP contribution >= 0.6 is 11.3 Å². The van der Waals surface area contributed by atoms with E-state index in [4.69, 9.17) is 0 Å². The van der Waals surface area contributed by atoms with Crippen molar-refractivity contribution in [1.82, 2.24) is 15.2 Å². The molecule has 1 aliphatic carbocycles. The molecule has 2 aromatic carbocycles. The van der Waals surface area contributed by atoms with Crippen LogP contribution in [-0.2, 0) is 23.3 Å². The number of nitrogens with zero attached hydrogens (tertiary/aromatic N) is 2. The van der Waals surface area contributed by atoms with E-state index >= 15 is 0 Å². The maximum absolute atomic E-state index is 13.2. The molecule has 3 aromatic rings. The number of carbonyl (C=O) groups is 2. The number of carbonyl (C=O) groups excluding carboxylic acids is 2. The van der Waals surface area contributed by atoms with E-state index in [0.29, 0.717) is 6.42 Å². The zero-order valence-electron chi connectivity index (χ0n) is 15.4. The average Bonchev–Trinajstić information content (AvgIpc) is 3.37. The number of amides is 3. The minimum absolute atomic E-state index is 0.174. The number of rotatable bonds is 3. The van der Waals surface area contributed by atoms with Gasteiger partial charge in [-0.15, -0.1) is 11.3 Å². The molecule has 3 amide bonds. The highest BCUT2D eigenvalue weighted by molar-refractivity contribution is 7.13. The van der Waals surface area contributed by atoms with Crippen LogP contribution in [0.3, 0.4) is 0 Å². The standard InChI is InChI=1S/C22H19N3O2S/c1-14-6-8-16(9-7-14)19-23-17(13-28-19)12-25-20(26)22(24-21(25)27)11-10-15-4-2-3-5-18(15)22/h2-9,13H,10-12H2,1H3,(H,24,27)/t22-/m0/s1. The first kappa shape index (κ1) is 17.1. The van der Waals surface area contributed by atoms with E-state index in [9.17, 15) is 9.59 Å². The van der Waals surface area contributed by atoms with Gasteiger partial charge in [0.1, 0.15) is 10.5 Å². The number of imide groups is 1. The normalized spacial score (nSPS) is 20.7. The minimum Gasteiger partial charge on any atom is -0.319 e. The van der Waals surface area contributed by atoms with E-state index in [1.807, 2.05) is 48.7 Å². The number of hydrogen-bond donors (Lipinski definition) is 1. The molecule has 28 heavy (non-hydrogen) atoms. The number of urea groups is 1. The van der Waals surface area contributed by atoms with Gasteiger partial charge in [-0.1, -0.05) is 54.1 Å². The number of aromatic nitrogens is 1. The summed E-state index contributed by atoms with van der Waals surface area (Å²) in [5.41, 5.74) is 4.11. The van der Waals surface area contributed by atoms with Crippen LogP contribution in [0.15, 0.2) is 53.9 Å². The summed E-state index contributed by atoms with van der Waals surface area (Å²) in [5.74, 6) is -0.174. The Balaban J connectivity index is 1.40. The van der Waals surface area contributed by atoms with Crippen molar-refractivity contribution in [2.75, 3.05) is 0 Å². The van der Waals surface area contributed by atoms with Gasteiger partial charge in [-0.05, 0) is 30.9 Å². The fourth-order valence-corrected chi connectivity index (χ4v) is 4.92. The number of benzene rings is 2. The van der Waals surface area contributed by atoms with E-state index in [2.05, 4.69) is 22.4 Å². The van der Waals surface area contributed by atoms with E-state index in [0.717, 1.165) is 33.8 Å². The fourth-order valence-electron chi connectivity index (χ4n) is 4.10. The van der Waals surface area contributed by atoms with Crippen molar-refractivity contribution in [3.63, 3.8) is 0 Å². The quantitative estimate of drug-likeness (QED) is 0.689. The van der Waals surface area contributed by atoms with Gasteiger partial charge in [0.25, 0.3) is 5.91 Å². The first-order chi connectivity index (χ1) is 13.6. The second-order valence-electron chi connectivity index (χ2n) is 7.39. The van der Waals surface area contributed by atoms with Crippen LogP contribution in [0.2, 0.25) is 0 Å². The summed E-state index contributed by atoms with van der Waals surface area (Å²) >= 11 is 1.53. The molecule has 1 atom stereocenters. The summed E-state index contributed by atoms with van der Waals surface area (Å²) < 4.78 is 0. The Bertz CT molecular complexity index is 1090. The van der Waals surface area contributed by atoms with Crippen LogP contribution in [0.4, 0.5) is 4.79 Å². The third kappa shape index (κ3) is 2.56. The predicted molar refractivity (Wildman–Crippen MR) is 108 cm³/mol. The molecule has 140 valence electrons. The number of hydrogen-bond acceptors (Lipinski definition) is 4. The van der Waals surface area contributed by atoms with Crippen molar-refractivity contribution in [3.8, 4) is 10.6 Å². The predicted octanol–water partition coefficient (Wildman–Crippen LogP) is 4.01. The highest BCUT2D eigenvalue weighted by atomic mass is 32.1. The van der Waals surface area contributed by atoms with E-state index < -0.39 is 5.54 Å². The number of thiazole rings is 1. The Kier molecular flexibility index (Phi) is 3.84. The first-order valence-corrected chi connectivity index (χ1v) is 10.2. The van der Waals surface area contributed by atoms with Gasteiger partial charge in [-0.3, -0.25) is 9.69 Å². The molecule has 0 saturated carbocycles. The Hall–Kier alpha value is -2.99. The molecule has 1 fully saturated rings. The third-order valence-corrected chi connectivity index (χ3v) is 6.53. The molecule has 1 saturated heterocycles. The Morgan fingerprint density at radius 1 is 1.14 bits per heavy atom. The number of nitrogens with one attached hydrogen (secondary N) is 1. The lowest BCUT2D eigenvalue weighted by molar-refractivity contribution is -0.132. The lowest BCUT2D eigenvalue weighted by Crippen LogP contribution is -2.41. The molecule has 5 nitrogen and oxygen atoms in total. The summed E-state index contributed by atoms with van der Waals surface area (Å²) in [6.07, 6.45) is 1.41. The molecule has 1 aliphatic heterocycles. The van der Waals surface area contributed by atoms with Crippen LogP contribution in [0.5, 0.6) is 0 Å². The molecule has 1 spiro atoms. The fraction of sp³-hybridized carbons (Fsp3) is 0.227. The summed E-state index contributed by atoms with van der Waals surface area (Å²) in [7, 11) is 0. The summed E-state index contributed by atoms with van der Waals surface area (Å²) in [4.78, 5) is 31.8. The molecule has 5 rings (SSSR count). The van der Waals surface area contributed by atoms with Crippen LogP contribution in [0, 0.1) is 6.92 Å². The molecule has 6 heteroatoms. The summed E-state index contributed by atoms with van der Waals surface area (Å²) in [6, 6.07) is 15.7. The van der Waals surface area contributed by atoms with Gasteiger partial charge in [0, 0.05) is 10.9 Å². The first-order valence-electron chi connectivity index (χ1n) is 9.31. The Labute approximate surface area is 167 Å².